The predicted molar refractivity (Wildman–Crippen MR) is 99.8 cm³/mol. The van der Waals surface area contributed by atoms with E-state index in [1.54, 1.807) is 12.1 Å². The van der Waals surface area contributed by atoms with Crippen molar-refractivity contribution in [1.29, 1.82) is 0 Å². The van der Waals surface area contributed by atoms with E-state index in [-0.39, 0.29) is 37.4 Å². The fourth-order valence-corrected chi connectivity index (χ4v) is 2.39. The van der Waals surface area contributed by atoms with Gasteiger partial charge in [-0.15, -0.1) is 0 Å². The van der Waals surface area contributed by atoms with Gasteiger partial charge in [0.15, 0.2) is 11.5 Å². The summed E-state index contributed by atoms with van der Waals surface area (Å²) in [5, 5.41) is 10.2. The van der Waals surface area contributed by atoms with E-state index < -0.39 is 19.5 Å². The van der Waals surface area contributed by atoms with E-state index >= 15 is 0 Å². The van der Waals surface area contributed by atoms with E-state index in [9.17, 15) is 5.11 Å². The highest BCUT2D eigenvalue weighted by Crippen LogP contribution is 2.28. The van der Waals surface area contributed by atoms with Gasteiger partial charge in [0.05, 0.1) is 24.4 Å². The Bertz CT molecular complexity index is 823. The first-order valence-corrected chi connectivity index (χ1v) is 8.21. The van der Waals surface area contributed by atoms with E-state index in [2.05, 4.69) is 0 Å². The molecule has 0 bridgehead atoms. The molecule has 0 radical (unpaired) electrons. The molecule has 4 heteroatoms. The molecule has 0 saturated carbocycles. The summed E-state index contributed by atoms with van der Waals surface area (Å²) in [5.41, 5.74) is 1.70. The van der Waals surface area contributed by atoms with Crippen molar-refractivity contribution < 1.29 is 26.2 Å². The molecule has 2 aromatic carbocycles. The van der Waals surface area contributed by atoms with Crippen LogP contribution in [-0.2, 0) is 6.42 Å². The van der Waals surface area contributed by atoms with Gasteiger partial charge in [-0.1, -0.05) is 24.6 Å². The second-order valence-corrected chi connectivity index (χ2v) is 5.83. The molecule has 0 amide bonds. The van der Waals surface area contributed by atoms with Crippen LogP contribution in [-0.4, -0.2) is 32.0 Å². The van der Waals surface area contributed by atoms with Gasteiger partial charge in [0.25, 0.3) is 0 Å². The van der Waals surface area contributed by atoms with Gasteiger partial charge in [-0.3, -0.25) is 0 Å². The first-order chi connectivity index (χ1) is 14.0. The Hall–Kier alpha value is -2.20. The minimum atomic E-state index is -2.60. The fraction of sp³-hybridized carbons (Fsp3) is 0.429. The molecule has 1 unspecified atom stereocenters. The van der Waals surface area contributed by atoms with Gasteiger partial charge in [-0.25, -0.2) is 0 Å². The molecule has 0 aliphatic rings. The largest absolute Gasteiger partial charge is 0.493 e. The molecule has 0 aromatic heterocycles. The summed E-state index contributed by atoms with van der Waals surface area (Å²) in [7, 11) is -1.20. The van der Waals surface area contributed by atoms with Crippen molar-refractivity contribution in [2.45, 2.75) is 38.7 Å². The Labute approximate surface area is 157 Å². The molecule has 25 heavy (non-hydrogen) atoms. The lowest BCUT2D eigenvalue weighted by molar-refractivity contribution is 0.0976. The number of methoxy groups -OCH3 is 2. The summed E-state index contributed by atoms with van der Waals surface area (Å²) in [6.07, 6.45) is -1.88. The van der Waals surface area contributed by atoms with E-state index in [1.807, 2.05) is 31.2 Å². The SMILES string of the molecule is [2H]C([2H])(CCC(O)COc1cccc(C)c1)Cc1ccc(OC([2H])([2H])[2H])c(OC)c1. The average Bonchev–Trinajstić information content (AvgIpc) is 2.65. The number of ether oxygens (including phenoxy) is 3. The molecule has 0 heterocycles. The highest BCUT2D eigenvalue weighted by molar-refractivity contribution is 5.42. The van der Waals surface area contributed by atoms with E-state index in [0.29, 0.717) is 11.3 Å². The monoisotopic (exact) mass is 349 g/mol. The van der Waals surface area contributed by atoms with Crippen LogP contribution < -0.4 is 14.2 Å². The highest BCUT2D eigenvalue weighted by atomic mass is 16.5. The standard InChI is InChI=1S/C21H28O4/c1-16-7-6-10-19(13-16)25-15-18(22)9-5-4-8-17-11-12-20(23-2)21(14-17)24-3/h6-7,10-14,18,22H,4-5,8-9,15H2,1-3H3/i2D3,4D2. The lowest BCUT2D eigenvalue weighted by atomic mass is 10.0. The van der Waals surface area contributed by atoms with Crippen LogP contribution in [0.4, 0.5) is 0 Å². The molecule has 2 rings (SSSR count). The summed E-state index contributed by atoms with van der Waals surface area (Å²) < 4.78 is 53.7. The summed E-state index contributed by atoms with van der Waals surface area (Å²) in [4.78, 5) is 0. The van der Waals surface area contributed by atoms with Crippen LogP contribution in [0.3, 0.4) is 0 Å². The summed E-state index contributed by atoms with van der Waals surface area (Å²) in [6, 6.07) is 12.1. The van der Waals surface area contributed by atoms with Crippen molar-refractivity contribution in [2.75, 3.05) is 20.8 Å². The second-order valence-electron chi connectivity index (χ2n) is 5.83. The third-order valence-electron chi connectivity index (χ3n) is 3.75. The van der Waals surface area contributed by atoms with Crippen molar-refractivity contribution >= 4 is 0 Å². The van der Waals surface area contributed by atoms with Gasteiger partial charge in [-0.05, 0) is 61.5 Å². The third-order valence-corrected chi connectivity index (χ3v) is 3.75. The molecule has 1 N–H and O–H groups in total. The van der Waals surface area contributed by atoms with Crippen LogP contribution in [0.1, 0.15) is 37.2 Å². The number of rotatable bonds is 10. The van der Waals surface area contributed by atoms with Crippen molar-refractivity contribution in [3.8, 4) is 17.2 Å². The number of aliphatic hydroxyl groups excluding tert-OH is 1. The lowest BCUT2D eigenvalue weighted by Gasteiger charge is -2.13. The van der Waals surface area contributed by atoms with Crippen molar-refractivity contribution in [1.82, 2.24) is 0 Å². The highest BCUT2D eigenvalue weighted by Gasteiger charge is 2.07. The number of aryl methyl sites for hydroxylation is 2. The maximum absolute atomic E-state index is 10.2. The summed E-state index contributed by atoms with van der Waals surface area (Å²) in [5.74, 6) is 0.972. The molecular weight excluding hydrogens is 316 g/mol. The second kappa shape index (κ2) is 9.94. The molecule has 0 fully saturated rings. The van der Waals surface area contributed by atoms with Crippen LogP contribution in [0.15, 0.2) is 42.5 Å². The van der Waals surface area contributed by atoms with Gasteiger partial charge < -0.3 is 19.3 Å². The van der Waals surface area contributed by atoms with Gasteiger partial charge in [0.2, 0.25) is 0 Å². The van der Waals surface area contributed by atoms with Gasteiger partial charge in [0.1, 0.15) is 12.4 Å². The maximum Gasteiger partial charge on any atom is 0.160 e. The van der Waals surface area contributed by atoms with Gasteiger partial charge in [-0.2, -0.15) is 0 Å². The Balaban J connectivity index is 1.89. The molecule has 0 aliphatic heterocycles. The van der Waals surface area contributed by atoms with E-state index in [4.69, 9.17) is 21.1 Å². The number of aliphatic hydroxyl groups is 1. The van der Waals surface area contributed by atoms with Gasteiger partial charge >= 0.3 is 0 Å². The van der Waals surface area contributed by atoms with Gasteiger partial charge in [0, 0.05) is 2.74 Å². The Kier molecular flexibility index (Phi) is 5.20. The topological polar surface area (TPSA) is 47.9 Å². The van der Waals surface area contributed by atoms with Crippen LogP contribution in [0.5, 0.6) is 17.2 Å². The minimum absolute atomic E-state index is 0.0746. The number of hydrogen-bond donors (Lipinski definition) is 1. The van der Waals surface area contributed by atoms with Crippen LogP contribution in [0.2, 0.25) is 0 Å². The van der Waals surface area contributed by atoms with E-state index in [1.165, 1.54) is 13.2 Å². The Morgan fingerprint density at radius 1 is 1.16 bits per heavy atom. The zero-order valence-corrected chi connectivity index (χ0v) is 14.6. The van der Waals surface area contributed by atoms with E-state index in [0.717, 1.165) is 5.56 Å². The Morgan fingerprint density at radius 2 is 2.04 bits per heavy atom. The molecule has 2 aromatic rings. The van der Waals surface area contributed by atoms with Crippen molar-refractivity contribution in [3.05, 3.63) is 53.6 Å². The van der Waals surface area contributed by atoms with Crippen LogP contribution in [0, 0.1) is 6.92 Å². The molecule has 0 spiro atoms. The molecular formula is C21H28O4. The normalized spacial score (nSPS) is 15.9. The third kappa shape index (κ3) is 6.31. The molecule has 1 atom stereocenters. The predicted octanol–water partition coefficient (Wildman–Crippen LogP) is 4.16. The average molecular weight is 349 g/mol. The molecule has 136 valence electrons. The zero-order valence-electron chi connectivity index (χ0n) is 19.6. The van der Waals surface area contributed by atoms with Crippen molar-refractivity contribution in [3.63, 3.8) is 0 Å². The zero-order chi connectivity index (χ0) is 22.4. The number of benzene rings is 2. The summed E-state index contributed by atoms with van der Waals surface area (Å²) >= 11 is 0. The quantitative estimate of drug-likeness (QED) is 0.699. The smallest absolute Gasteiger partial charge is 0.160 e. The first-order valence-electron chi connectivity index (χ1n) is 10.7. The Morgan fingerprint density at radius 3 is 2.80 bits per heavy atom. The fourth-order valence-electron chi connectivity index (χ4n) is 2.39. The number of hydrogen-bond acceptors (Lipinski definition) is 4. The van der Waals surface area contributed by atoms with Crippen LogP contribution in [0.25, 0.3) is 0 Å². The first kappa shape index (κ1) is 13.1. The molecule has 0 saturated heterocycles. The maximum atomic E-state index is 10.2. The lowest BCUT2D eigenvalue weighted by Crippen LogP contribution is -2.17. The summed E-state index contributed by atoms with van der Waals surface area (Å²) in [6.45, 7) is 2.04. The van der Waals surface area contributed by atoms with Crippen LogP contribution >= 0.6 is 0 Å². The van der Waals surface area contributed by atoms with Crippen molar-refractivity contribution in [2.24, 2.45) is 0 Å². The minimum Gasteiger partial charge on any atom is -0.493 e. The molecule has 4 nitrogen and oxygen atoms in total. The molecule has 0 aliphatic carbocycles.